The lowest BCUT2D eigenvalue weighted by molar-refractivity contribution is 0.515. The third kappa shape index (κ3) is 3.07. The van der Waals surface area contributed by atoms with Gasteiger partial charge in [0.15, 0.2) is 0 Å². The first-order valence-electron chi connectivity index (χ1n) is 7.28. The van der Waals surface area contributed by atoms with Gasteiger partial charge in [0.2, 0.25) is 0 Å². The van der Waals surface area contributed by atoms with Crippen LogP contribution in [0.15, 0.2) is 23.4 Å². The summed E-state index contributed by atoms with van der Waals surface area (Å²) in [6, 6.07) is 5.03. The van der Waals surface area contributed by atoms with Crippen LogP contribution in [0.4, 0.5) is 0 Å². The molecule has 1 saturated carbocycles. The third-order valence-electron chi connectivity index (χ3n) is 4.06. The molecule has 18 heavy (non-hydrogen) atoms. The highest BCUT2D eigenvalue weighted by atomic mass is 32.2. The molecule has 1 saturated heterocycles. The zero-order valence-electron chi connectivity index (χ0n) is 10.9. The molecule has 1 aromatic heterocycles. The maximum atomic E-state index is 4.64. The predicted octanol–water partition coefficient (Wildman–Crippen LogP) is 3.93. The Kier molecular flexibility index (Phi) is 4.21. The van der Waals surface area contributed by atoms with Crippen LogP contribution in [0, 0.1) is 0 Å². The van der Waals surface area contributed by atoms with Gasteiger partial charge in [0.05, 0.1) is 5.03 Å². The van der Waals surface area contributed by atoms with Gasteiger partial charge >= 0.3 is 0 Å². The molecule has 1 aliphatic carbocycles. The standard InChI is InChI=1S/C15H22N2S/c1-2-5-13(6-3-1)18-15-9-8-12(11-17-15)14-7-4-10-16-14/h8-9,11,13-14,16H,1-7,10H2. The molecule has 2 fully saturated rings. The van der Waals surface area contributed by atoms with E-state index in [1.54, 1.807) is 0 Å². The van der Waals surface area contributed by atoms with Crippen molar-refractivity contribution in [2.24, 2.45) is 0 Å². The average molecular weight is 262 g/mol. The fraction of sp³-hybridized carbons (Fsp3) is 0.667. The molecule has 0 radical (unpaired) electrons. The van der Waals surface area contributed by atoms with Gasteiger partial charge in [-0.1, -0.05) is 25.3 Å². The van der Waals surface area contributed by atoms with Crippen LogP contribution >= 0.6 is 11.8 Å². The van der Waals surface area contributed by atoms with Crippen molar-refractivity contribution in [3.63, 3.8) is 0 Å². The minimum Gasteiger partial charge on any atom is -0.310 e. The van der Waals surface area contributed by atoms with Crippen molar-refractivity contribution in [3.05, 3.63) is 23.9 Å². The first-order valence-corrected chi connectivity index (χ1v) is 8.16. The Labute approximate surface area is 114 Å². The van der Waals surface area contributed by atoms with E-state index in [1.165, 1.54) is 55.5 Å². The SMILES string of the molecule is c1cc(SC2CCCCC2)ncc1C1CCCN1. The van der Waals surface area contributed by atoms with Gasteiger partial charge in [0.1, 0.15) is 0 Å². The molecule has 3 rings (SSSR count). The second-order valence-corrected chi connectivity index (χ2v) is 6.78. The zero-order valence-corrected chi connectivity index (χ0v) is 11.7. The largest absolute Gasteiger partial charge is 0.310 e. The van der Waals surface area contributed by atoms with E-state index < -0.39 is 0 Å². The predicted molar refractivity (Wildman–Crippen MR) is 76.9 cm³/mol. The number of pyridine rings is 1. The number of aromatic nitrogens is 1. The Morgan fingerprint density at radius 3 is 2.61 bits per heavy atom. The van der Waals surface area contributed by atoms with E-state index in [-0.39, 0.29) is 0 Å². The fourth-order valence-electron chi connectivity index (χ4n) is 2.99. The fourth-order valence-corrected chi connectivity index (χ4v) is 4.16. The lowest BCUT2D eigenvalue weighted by Crippen LogP contribution is -2.13. The maximum Gasteiger partial charge on any atom is 0.0962 e. The molecule has 3 heteroatoms. The summed E-state index contributed by atoms with van der Waals surface area (Å²) in [6.45, 7) is 1.16. The van der Waals surface area contributed by atoms with E-state index in [0.717, 1.165) is 11.8 Å². The normalized spacial score (nSPS) is 25.4. The Morgan fingerprint density at radius 2 is 1.94 bits per heavy atom. The van der Waals surface area contributed by atoms with E-state index >= 15 is 0 Å². The van der Waals surface area contributed by atoms with Gasteiger partial charge in [-0.05, 0) is 43.9 Å². The van der Waals surface area contributed by atoms with Crippen LogP contribution in [0.5, 0.6) is 0 Å². The lowest BCUT2D eigenvalue weighted by Gasteiger charge is -2.20. The van der Waals surface area contributed by atoms with Crippen molar-refractivity contribution in [2.45, 2.75) is 61.3 Å². The van der Waals surface area contributed by atoms with Gasteiger partial charge in [0.25, 0.3) is 0 Å². The van der Waals surface area contributed by atoms with Crippen LogP contribution < -0.4 is 5.32 Å². The second kappa shape index (κ2) is 6.07. The average Bonchev–Trinajstić information content (AvgIpc) is 2.95. The van der Waals surface area contributed by atoms with Gasteiger partial charge in [-0.3, -0.25) is 0 Å². The number of rotatable bonds is 3. The van der Waals surface area contributed by atoms with Gasteiger partial charge in [0, 0.05) is 17.5 Å². The molecule has 0 amide bonds. The summed E-state index contributed by atoms with van der Waals surface area (Å²) in [5.41, 5.74) is 1.36. The summed E-state index contributed by atoms with van der Waals surface area (Å²) in [6.07, 6.45) is 11.6. The molecule has 0 spiro atoms. The van der Waals surface area contributed by atoms with Gasteiger partial charge < -0.3 is 5.32 Å². The number of thioether (sulfide) groups is 1. The molecule has 0 bridgehead atoms. The monoisotopic (exact) mass is 262 g/mol. The second-order valence-electron chi connectivity index (χ2n) is 5.46. The number of hydrogen-bond acceptors (Lipinski definition) is 3. The molecule has 1 aliphatic heterocycles. The molecule has 2 aliphatic rings. The van der Waals surface area contributed by atoms with Crippen LogP contribution in [-0.2, 0) is 0 Å². The highest BCUT2D eigenvalue weighted by Gasteiger charge is 2.18. The Morgan fingerprint density at radius 1 is 1.06 bits per heavy atom. The zero-order chi connectivity index (χ0) is 12.2. The molecule has 2 heterocycles. The van der Waals surface area contributed by atoms with Crippen molar-refractivity contribution in [3.8, 4) is 0 Å². The highest BCUT2D eigenvalue weighted by molar-refractivity contribution is 7.99. The molecule has 0 aromatic carbocycles. The van der Waals surface area contributed by atoms with Crippen molar-refractivity contribution in [1.29, 1.82) is 0 Å². The first-order chi connectivity index (χ1) is 8.92. The van der Waals surface area contributed by atoms with Crippen LogP contribution in [0.1, 0.15) is 56.6 Å². The Hall–Kier alpha value is -0.540. The summed E-state index contributed by atoms with van der Waals surface area (Å²) >= 11 is 1.98. The summed E-state index contributed by atoms with van der Waals surface area (Å²) in [4.78, 5) is 4.64. The van der Waals surface area contributed by atoms with E-state index in [0.29, 0.717) is 6.04 Å². The summed E-state index contributed by atoms with van der Waals surface area (Å²) in [7, 11) is 0. The molecule has 1 unspecified atom stereocenters. The van der Waals surface area contributed by atoms with E-state index in [9.17, 15) is 0 Å². The number of nitrogens with one attached hydrogen (secondary N) is 1. The van der Waals surface area contributed by atoms with Crippen molar-refractivity contribution in [2.75, 3.05) is 6.54 Å². The third-order valence-corrected chi connectivity index (χ3v) is 5.35. The van der Waals surface area contributed by atoms with Gasteiger partial charge in [-0.2, -0.15) is 0 Å². The van der Waals surface area contributed by atoms with Crippen molar-refractivity contribution >= 4 is 11.8 Å². The number of nitrogens with zero attached hydrogens (tertiary/aromatic N) is 1. The van der Waals surface area contributed by atoms with E-state index in [1.807, 2.05) is 11.8 Å². The van der Waals surface area contributed by atoms with E-state index in [4.69, 9.17) is 0 Å². The van der Waals surface area contributed by atoms with Crippen LogP contribution in [-0.4, -0.2) is 16.8 Å². The Balaban J connectivity index is 1.59. The first kappa shape index (κ1) is 12.5. The summed E-state index contributed by atoms with van der Waals surface area (Å²) < 4.78 is 0. The molecular formula is C15H22N2S. The van der Waals surface area contributed by atoms with E-state index in [2.05, 4.69) is 28.6 Å². The quantitative estimate of drug-likeness (QED) is 0.893. The van der Waals surface area contributed by atoms with Crippen LogP contribution in [0.25, 0.3) is 0 Å². The molecule has 1 N–H and O–H groups in total. The number of hydrogen-bond donors (Lipinski definition) is 1. The topological polar surface area (TPSA) is 24.9 Å². The minimum atomic E-state index is 0.547. The van der Waals surface area contributed by atoms with Gasteiger partial charge in [-0.15, -0.1) is 11.8 Å². The highest BCUT2D eigenvalue weighted by Crippen LogP contribution is 2.33. The maximum absolute atomic E-state index is 4.64. The lowest BCUT2D eigenvalue weighted by atomic mass is 10.0. The molecule has 1 aromatic rings. The summed E-state index contributed by atoms with van der Waals surface area (Å²) in [5.74, 6) is 0. The summed E-state index contributed by atoms with van der Waals surface area (Å²) in [5, 5.41) is 5.55. The van der Waals surface area contributed by atoms with Crippen LogP contribution in [0.2, 0.25) is 0 Å². The molecule has 2 nitrogen and oxygen atoms in total. The smallest absolute Gasteiger partial charge is 0.0962 e. The molecule has 1 atom stereocenters. The molecular weight excluding hydrogens is 240 g/mol. The minimum absolute atomic E-state index is 0.547. The van der Waals surface area contributed by atoms with Crippen molar-refractivity contribution < 1.29 is 0 Å². The molecule has 98 valence electrons. The van der Waals surface area contributed by atoms with Crippen molar-refractivity contribution in [1.82, 2.24) is 10.3 Å². The Bertz CT molecular complexity index is 365. The van der Waals surface area contributed by atoms with Gasteiger partial charge in [-0.25, -0.2) is 4.98 Å². The van der Waals surface area contributed by atoms with Crippen LogP contribution in [0.3, 0.4) is 0 Å².